The van der Waals surface area contributed by atoms with Crippen molar-refractivity contribution < 1.29 is 19.0 Å². The fourth-order valence-electron chi connectivity index (χ4n) is 2.42. The maximum absolute atomic E-state index is 12.4. The molecule has 0 saturated carbocycles. The summed E-state index contributed by atoms with van der Waals surface area (Å²) in [5.41, 5.74) is 1.18. The van der Waals surface area contributed by atoms with Crippen LogP contribution < -0.4 is 19.5 Å². The van der Waals surface area contributed by atoms with Crippen LogP contribution in [0.2, 0.25) is 0 Å². The maximum atomic E-state index is 12.4. The Hall–Kier alpha value is -3.90. The molecule has 27 heavy (non-hydrogen) atoms. The molecule has 0 unspecified atom stereocenters. The third-order valence-electron chi connectivity index (χ3n) is 3.68. The molecule has 0 spiro atoms. The number of nitrogens with zero attached hydrogens (tertiary/aromatic N) is 1. The van der Waals surface area contributed by atoms with Gasteiger partial charge in [0.05, 0.1) is 0 Å². The Morgan fingerprint density at radius 2 is 1.93 bits per heavy atom. The zero-order valence-electron chi connectivity index (χ0n) is 14.4. The van der Waals surface area contributed by atoms with E-state index in [0.717, 1.165) is 0 Å². The van der Waals surface area contributed by atoms with Gasteiger partial charge in [0, 0.05) is 11.8 Å². The van der Waals surface area contributed by atoms with Crippen LogP contribution in [0.3, 0.4) is 0 Å². The summed E-state index contributed by atoms with van der Waals surface area (Å²) in [5, 5.41) is 12.0. The first-order chi connectivity index (χ1) is 13.2. The molecule has 2 aromatic carbocycles. The van der Waals surface area contributed by atoms with Crippen LogP contribution in [0.15, 0.2) is 48.0 Å². The average molecular weight is 360 g/mol. The summed E-state index contributed by atoms with van der Waals surface area (Å²) < 4.78 is 16.2. The first-order valence-electron chi connectivity index (χ1n) is 8.19. The van der Waals surface area contributed by atoms with Crippen LogP contribution in [0.1, 0.15) is 5.56 Å². The Labute approximate surface area is 157 Å². The van der Waals surface area contributed by atoms with Crippen molar-refractivity contribution in [2.45, 2.75) is 0 Å². The highest BCUT2D eigenvalue weighted by molar-refractivity contribution is 6.09. The Morgan fingerprint density at radius 1 is 1.19 bits per heavy atom. The van der Waals surface area contributed by atoms with Gasteiger partial charge in [0.2, 0.25) is 0 Å². The Balaban J connectivity index is 1.71. The number of rotatable bonds is 5. The molecule has 2 aromatic rings. The Bertz CT molecular complexity index is 950. The van der Waals surface area contributed by atoms with E-state index in [1.54, 1.807) is 42.5 Å². The first-order valence-corrected chi connectivity index (χ1v) is 8.19. The van der Waals surface area contributed by atoms with E-state index in [2.05, 4.69) is 11.2 Å². The number of hydrogen-bond donors (Lipinski definition) is 1. The minimum absolute atomic E-state index is 0.0258. The number of hydrogen-bond acceptors (Lipinski definition) is 5. The lowest BCUT2D eigenvalue weighted by atomic mass is 10.1. The number of fused-ring (bicyclic) bond motifs is 1. The smallest absolute Gasteiger partial charge is 0.266 e. The molecule has 1 aliphatic heterocycles. The van der Waals surface area contributed by atoms with Gasteiger partial charge < -0.3 is 19.5 Å². The summed E-state index contributed by atoms with van der Waals surface area (Å²) in [6.07, 6.45) is 6.64. The fraction of sp³-hybridized carbons (Fsp3) is 0.143. The van der Waals surface area contributed by atoms with Crippen molar-refractivity contribution in [2.75, 3.05) is 25.1 Å². The number of terminal acetylenes is 1. The van der Waals surface area contributed by atoms with Crippen molar-refractivity contribution in [1.82, 2.24) is 0 Å². The molecular weight excluding hydrogens is 344 g/mol. The van der Waals surface area contributed by atoms with Crippen molar-refractivity contribution >= 4 is 17.7 Å². The predicted octanol–water partition coefficient (Wildman–Crippen LogP) is 3.02. The summed E-state index contributed by atoms with van der Waals surface area (Å²) in [6, 6.07) is 13.9. The van der Waals surface area contributed by atoms with Gasteiger partial charge in [-0.2, -0.15) is 5.26 Å². The topological polar surface area (TPSA) is 80.6 Å². The number of anilines is 1. The van der Waals surface area contributed by atoms with E-state index in [4.69, 9.17) is 20.6 Å². The second kappa shape index (κ2) is 8.46. The van der Waals surface area contributed by atoms with E-state index in [1.165, 1.54) is 6.08 Å². The lowest BCUT2D eigenvalue weighted by Crippen LogP contribution is -2.17. The monoisotopic (exact) mass is 360 g/mol. The van der Waals surface area contributed by atoms with Gasteiger partial charge in [0.1, 0.15) is 37.2 Å². The van der Waals surface area contributed by atoms with Gasteiger partial charge in [0.25, 0.3) is 5.91 Å². The van der Waals surface area contributed by atoms with E-state index in [1.807, 2.05) is 6.07 Å². The van der Waals surface area contributed by atoms with Gasteiger partial charge in [-0.05, 0) is 35.9 Å². The van der Waals surface area contributed by atoms with Gasteiger partial charge >= 0.3 is 0 Å². The molecule has 6 nitrogen and oxygen atoms in total. The molecule has 0 radical (unpaired) electrons. The standard InChI is InChI=1S/C21H16N2O4/c1-2-9-25-18-6-3-15(4-7-18)12-16(14-22)21(24)23-17-5-8-19-20(13-17)27-11-10-26-19/h1,3-8,12-13H,9-11H2,(H,23,24). The van der Waals surface area contributed by atoms with E-state index < -0.39 is 5.91 Å². The third kappa shape index (κ3) is 4.59. The highest BCUT2D eigenvalue weighted by Crippen LogP contribution is 2.32. The van der Waals surface area contributed by atoms with Crippen LogP contribution in [-0.2, 0) is 4.79 Å². The van der Waals surface area contributed by atoms with Crippen LogP contribution in [0.25, 0.3) is 6.08 Å². The second-order valence-electron chi connectivity index (χ2n) is 5.54. The van der Waals surface area contributed by atoms with Crippen LogP contribution in [0.4, 0.5) is 5.69 Å². The number of benzene rings is 2. The van der Waals surface area contributed by atoms with Gasteiger partial charge in [0.15, 0.2) is 11.5 Å². The van der Waals surface area contributed by atoms with Crippen molar-refractivity contribution in [3.8, 4) is 35.7 Å². The molecular formula is C21H16N2O4. The largest absolute Gasteiger partial charge is 0.486 e. The Kier molecular flexibility index (Phi) is 5.61. The molecule has 1 heterocycles. The molecule has 3 rings (SSSR count). The number of amides is 1. The highest BCUT2D eigenvalue weighted by Gasteiger charge is 2.14. The van der Waals surface area contributed by atoms with E-state index in [0.29, 0.717) is 41.7 Å². The van der Waals surface area contributed by atoms with E-state index in [9.17, 15) is 10.1 Å². The second-order valence-corrected chi connectivity index (χ2v) is 5.54. The quantitative estimate of drug-likeness (QED) is 0.504. The van der Waals surface area contributed by atoms with Gasteiger partial charge in [-0.15, -0.1) is 6.42 Å². The normalized spacial score (nSPS) is 12.4. The molecule has 134 valence electrons. The van der Waals surface area contributed by atoms with Gasteiger partial charge in [-0.1, -0.05) is 18.1 Å². The number of carbonyl (C=O) groups excluding carboxylic acids is 1. The number of nitrogens with one attached hydrogen (secondary N) is 1. The SMILES string of the molecule is C#CCOc1ccc(C=C(C#N)C(=O)Nc2ccc3c(c2)OCCO3)cc1. The summed E-state index contributed by atoms with van der Waals surface area (Å²) in [6.45, 7) is 1.12. The summed E-state index contributed by atoms with van der Waals surface area (Å²) in [5.74, 6) is 3.67. The minimum Gasteiger partial charge on any atom is -0.486 e. The summed E-state index contributed by atoms with van der Waals surface area (Å²) in [7, 11) is 0. The molecule has 0 aromatic heterocycles. The molecule has 1 amide bonds. The first kappa shape index (κ1) is 17.9. The molecule has 0 atom stereocenters. The molecule has 0 fully saturated rings. The fourth-order valence-corrected chi connectivity index (χ4v) is 2.42. The van der Waals surface area contributed by atoms with E-state index in [-0.39, 0.29) is 12.2 Å². The zero-order valence-corrected chi connectivity index (χ0v) is 14.4. The summed E-state index contributed by atoms with van der Waals surface area (Å²) in [4.78, 5) is 12.4. The van der Waals surface area contributed by atoms with Gasteiger partial charge in [-0.3, -0.25) is 4.79 Å². The number of ether oxygens (including phenoxy) is 3. The third-order valence-corrected chi connectivity index (χ3v) is 3.68. The molecule has 0 aliphatic carbocycles. The summed E-state index contributed by atoms with van der Waals surface area (Å²) >= 11 is 0. The molecule has 0 bridgehead atoms. The minimum atomic E-state index is -0.512. The number of nitriles is 1. The van der Waals surface area contributed by atoms with Crippen molar-refractivity contribution in [3.63, 3.8) is 0 Å². The van der Waals surface area contributed by atoms with Gasteiger partial charge in [-0.25, -0.2) is 0 Å². The molecule has 6 heteroatoms. The van der Waals surface area contributed by atoms with E-state index >= 15 is 0 Å². The zero-order chi connectivity index (χ0) is 19.1. The highest BCUT2D eigenvalue weighted by atomic mass is 16.6. The molecule has 1 aliphatic rings. The maximum Gasteiger partial charge on any atom is 0.266 e. The van der Waals surface area contributed by atoms with Crippen LogP contribution in [0, 0.1) is 23.7 Å². The number of carbonyl (C=O) groups is 1. The molecule has 0 saturated heterocycles. The molecule has 1 N–H and O–H groups in total. The predicted molar refractivity (Wildman–Crippen MR) is 100 cm³/mol. The average Bonchev–Trinajstić information content (AvgIpc) is 2.71. The Morgan fingerprint density at radius 3 is 2.63 bits per heavy atom. The van der Waals surface area contributed by atoms with Crippen molar-refractivity contribution in [2.24, 2.45) is 0 Å². The van der Waals surface area contributed by atoms with Crippen molar-refractivity contribution in [1.29, 1.82) is 5.26 Å². The lowest BCUT2D eigenvalue weighted by Gasteiger charge is -2.18. The van der Waals surface area contributed by atoms with Crippen LogP contribution in [-0.4, -0.2) is 25.7 Å². The van der Waals surface area contributed by atoms with Crippen LogP contribution >= 0.6 is 0 Å². The van der Waals surface area contributed by atoms with Crippen LogP contribution in [0.5, 0.6) is 17.2 Å². The lowest BCUT2D eigenvalue weighted by molar-refractivity contribution is -0.112. The van der Waals surface area contributed by atoms with Crippen molar-refractivity contribution in [3.05, 3.63) is 53.6 Å².